The number of nitrogens with zero attached hydrogens (tertiary/aromatic N) is 2. The Hall–Kier alpha value is -3.59. The third kappa shape index (κ3) is 4.46. The number of hydrogen-bond acceptors (Lipinski definition) is 5. The number of hydrogen-bond donors (Lipinski definition) is 1. The lowest BCUT2D eigenvalue weighted by molar-refractivity contribution is -0.116. The Morgan fingerprint density at radius 1 is 1.16 bits per heavy atom. The average molecular weight is 441 g/mol. The summed E-state index contributed by atoms with van der Waals surface area (Å²) in [6.45, 7) is -1.22. The predicted octanol–water partition coefficient (Wildman–Crippen LogP) is 4.67. The largest absolute Gasteiger partial charge is 0.435 e. The summed E-state index contributed by atoms with van der Waals surface area (Å²) in [6.07, 6.45) is 1.36. The Morgan fingerprint density at radius 2 is 1.87 bits per heavy atom. The van der Waals surface area contributed by atoms with Gasteiger partial charge in [0.05, 0.1) is 11.7 Å². The van der Waals surface area contributed by atoms with Crippen molar-refractivity contribution in [1.82, 2.24) is 9.55 Å². The molecule has 1 amide bonds. The van der Waals surface area contributed by atoms with Gasteiger partial charge in [0.1, 0.15) is 17.1 Å². The van der Waals surface area contributed by atoms with Crippen LogP contribution in [0.15, 0.2) is 65.7 Å². The molecule has 0 bridgehead atoms. The molecule has 4 rings (SSSR count). The molecule has 1 N–H and O–H groups in total. The fourth-order valence-electron chi connectivity index (χ4n) is 3.28. The summed E-state index contributed by atoms with van der Waals surface area (Å²) in [5.41, 5.74) is 1.83. The summed E-state index contributed by atoms with van der Waals surface area (Å²) >= 11 is 1.43. The highest BCUT2D eigenvalue weighted by Crippen LogP contribution is 2.35. The first-order chi connectivity index (χ1) is 14.9. The van der Waals surface area contributed by atoms with Crippen LogP contribution in [0, 0.1) is 6.92 Å². The highest BCUT2D eigenvalue weighted by atomic mass is 32.1. The van der Waals surface area contributed by atoms with Gasteiger partial charge in [-0.25, -0.2) is 4.98 Å². The average Bonchev–Trinajstić information content (AvgIpc) is 3.08. The van der Waals surface area contributed by atoms with Gasteiger partial charge in [-0.15, -0.1) is 11.3 Å². The molecule has 4 aromatic rings. The summed E-state index contributed by atoms with van der Waals surface area (Å²) < 4.78 is 30.0. The first-order valence-electron chi connectivity index (χ1n) is 9.31. The molecule has 0 atom stereocenters. The molecule has 0 aliphatic rings. The van der Waals surface area contributed by atoms with Crippen LogP contribution in [0.5, 0.6) is 5.75 Å². The minimum Gasteiger partial charge on any atom is -0.435 e. The molecule has 0 saturated heterocycles. The zero-order valence-corrected chi connectivity index (χ0v) is 17.2. The van der Waals surface area contributed by atoms with Crippen molar-refractivity contribution in [3.8, 4) is 16.9 Å². The number of halogens is 2. The molecule has 2 heterocycles. The highest BCUT2D eigenvalue weighted by Gasteiger charge is 2.17. The van der Waals surface area contributed by atoms with Crippen LogP contribution in [0.25, 0.3) is 21.3 Å². The number of fused-ring (bicyclic) bond motifs is 1. The number of carbonyl (C=O) groups is 1. The molecule has 0 fully saturated rings. The minimum atomic E-state index is -2.92. The lowest BCUT2D eigenvalue weighted by atomic mass is 10.0. The lowest BCUT2D eigenvalue weighted by Crippen LogP contribution is -2.27. The standard InChI is InChI=1S/C22H17F2N3O3S/c1-13-18(14-5-3-2-4-6-14)19-20(31-13)25-12-27(21(19)29)11-17(28)26-15-7-9-16(10-8-15)30-22(23)24/h2-10,12,22H,11H2,1H3,(H,26,28). The minimum absolute atomic E-state index is 0.0138. The molecule has 2 aromatic carbocycles. The van der Waals surface area contributed by atoms with E-state index in [0.29, 0.717) is 15.9 Å². The number of ether oxygens (including phenoxy) is 1. The van der Waals surface area contributed by atoms with Crippen molar-refractivity contribution in [1.29, 1.82) is 0 Å². The van der Waals surface area contributed by atoms with E-state index in [1.807, 2.05) is 37.3 Å². The van der Waals surface area contributed by atoms with Gasteiger partial charge >= 0.3 is 6.61 Å². The van der Waals surface area contributed by atoms with E-state index in [1.54, 1.807) is 0 Å². The number of thiophene rings is 1. The van der Waals surface area contributed by atoms with Gasteiger partial charge in [0.15, 0.2) is 0 Å². The van der Waals surface area contributed by atoms with E-state index >= 15 is 0 Å². The fraction of sp³-hybridized carbons (Fsp3) is 0.136. The van der Waals surface area contributed by atoms with E-state index in [2.05, 4.69) is 15.0 Å². The smallest absolute Gasteiger partial charge is 0.387 e. The van der Waals surface area contributed by atoms with E-state index in [4.69, 9.17) is 0 Å². The molecule has 0 saturated carbocycles. The Labute approximate surface area is 179 Å². The Balaban J connectivity index is 1.58. The van der Waals surface area contributed by atoms with Crippen LogP contribution in [0.3, 0.4) is 0 Å². The van der Waals surface area contributed by atoms with Crippen molar-refractivity contribution in [2.24, 2.45) is 0 Å². The third-order valence-electron chi connectivity index (χ3n) is 4.59. The number of nitrogens with one attached hydrogen (secondary N) is 1. The summed E-state index contributed by atoms with van der Waals surface area (Å²) in [5.74, 6) is -0.459. The quantitative estimate of drug-likeness (QED) is 0.472. The molecule has 2 aromatic heterocycles. The van der Waals surface area contributed by atoms with Crippen LogP contribution in [0.1, 0.15) is 4.88 Å². The zero-order chi connectivity index (χ0) is 22.0. The second-order valence-corrected chi connectivity index (χ2v) is 7.91. The second kappa shape index (κ2) is 8.65. The van der Waals surface area contributed by atoms with Crippen molar-refractivity contribution >= 4 is 33.1 Å². The third-order valence-corrected chi connectivity index (χ3v) is 5.61. The number of amides is 1. The summed E-state index contributed by atoms with van der Waals surface area (Å²) in [6, 6.07) is 15.1. The molecule has 6 nitrogen and oxygen atoms in total. The van der Waals surface area contributed by atoms with E-state index in [1.165, 1.54) is 46.5 Å². The topological polar surface area (TPSA) is 73.2 Å². The molecule has 31 heavy (non-hydrogen) atoms. The molecular weight excluding hydrogens is 424 g/mol. The van der Waals surface area contributed by atoms with E-state index < -0.39 is 12.5 Å². The van der Waals surface area contributed by atoms with Crippen LogP contribution in [-0.2, 0) is 11.3 Å². The van der Waals surface area contributed by atoms with Gasteiger partial charge in [-0.2, -0.15) is 8.78 Å². The highest BCUT2D eigenvalue weighted by molar-refractivity contribution is 7.19. The van der Waals surface area contributed by atoms with E-state index in [9.17, 15) is 18.4 Å². The molecule has 0 radical (unpaired) electrons. The maximum absolute atomic E-state index is 13.1. The maximum Gasteiger partial charge on any atom is 0.387 e. The number of anilines is 1. The van der Waals surface area contributed by atoms with Crippen LogP contribution < -0.4 is 15.6 Å². The van der Waals surface area contributed by atoms with Crippen molar-refractivity contribution in [3.63, 3.8) is 0 Å². The first-order valence-corrected chi connectivity index (χ1v) is 10.1. The van der Waals surface area contributed by atoms with Gasteiger partial charge in [0.25, 0.3) is 5.56 Å². The van der Waals surface area contributed by atoms with Crippen LogP contribution in [-0.4, -0.2) is 22.1 Å². The Bertz CT molecular complexity index is 1290. The fourth-order valence-corrected chi connectivity index (χ4v) is 4.28. The van der Waals surface area contributed by atoms with Crippen molar-refractivity contribution < 1.29 is 18.3 Å². The SMILES string of the molecule is Cc1sc2ncn(CC(=O)Nc3ccc(OC(F)F)cc3)c(=O)c2c1-c1ccccc1. The lowest BCUT2D eigenvalue weighted by Gasteiger charge is -2.09. The summed E-state index contributed by atoms with van der Waals surface area (Å²) in [7, 11) is 0. The van der Waals surface area contributed by atoms with Crippen LogP contribution in [0.4, 0.5) is 14.5 Å². The molecule has 0 spiro atoms. The predicted molar refractivity (Wildman–Crippen MR) is 116 cm³/mol. The molecule has 0 unspecified atom stereocenters. The van der Waals surface area contributed by atoms with Gasteiger partial charge < -0.3 is 10.1 Å². The van der Waals surface area contributed by atoms with Crippen LogP contribution in [0.2, 0.25) is 0 Å². The molecule has 9 heteroatoms. The van der Waals surface area contributed by atoms with Gasteiger partial charge in [-0.3, -0.25) is 14.2 Å². The summed E-state index contributed by atoms with van der Waals surface area (Å²) in [5, 5.41) is 3.11. The summed E-state index contributed by atoms with van der Waals surface area (Å²) in [4.78, 5) is 31.5. The normalized spacial score (nSPS) is 11.1. The van der Waals surface area contributed by atoms with Crippen molar-refractivity contribution in [3.05, 3.63) is 76.2 Å². The van der Waals surface area contributed by atoms with E-state index in [0.717, 1.165) is 16.0 Å². The number of carbonyl (C=O) groups excluding carboxylic acids is 1. The first kappa shape index (κ1) is 20.7. The monoisotopic (exact) mass is 441 g/mol. The zero-order valence-electron chi connectivity index (χ0n) is 16.3. The number of rotatable bonds is 6. The molecular formula is C22H17F2N3O3S. The van der Waals surface area contributed by atoms with Crippen molar-refractivity contribution in [2.75, 3.05) is 5.32 Å². The van der Waals surface area contributed by atoms with Gasteiger partial charge in [0.2, 0.25) is 5.91 Å². The number of aryl methyl sites for hydroxylation is 1. The second-order valence-electron chi connectivity index (χ2n) is 6.71. The molecule has 158 valence electrons. The van der Waals surface area contributed by atoms with E-state index in [-0.39, 0.29) is 17.9 Å². The molecule has 0 aliphatic carbocycles. The molecule has 0 aliphatic heterocycles. The van der Waals surface area contributed by atoms with Gasteiger partial charge in [-0.1, -0.05) is 30.3 Å². The van der Waals surface area contributed by atoms with Gasteiger partial charge in [0, 0.05) is 16.1 Å². The Kier molecular flexibility index (Phi) is 5.77. The Morgan fingerprint density at radius 3 is 2.55 bits per heavy atom. The van der Waals surface area contributed by atoms with Crippen molar-refractivity contribution in [2.45, 2.75) is 20.1 Å². The van der Waals surface area contributed by atoms with Crippen LogP contribution >= 0.6 is 11.3 Å². The number of aromatic nitrogens is 2. The number of benzene rings is 2. The maximum atomic E-state index is 13.1. The van der Waals surface area contributed by atoms with Gasteiger partial charge in [-0.05, 0) is 36.8 Å². The number of alkyl halides is 2.